The van der Waals surface area contributed by atoms with E-state index in [0.717, 1.165) is 25.8 Å². The second-order valence-corrected chi connectivity index (χ2v) is 4.75. The Morgan fingerprint density at radius 2 is 1.83 bits per heavy atom. The van der Waals surface area contributed by atoms with Crippen LogP contribution in [0.5, 0.6) is 0 Å². The second-order valence-electron chi connectivity index (χ2n) is 4.75. The van der Waals surface area contributed by atoms with Crippen molar-refractivity contribution in [1.29, 1.82) is 0 Å². The van der Waals surface area contributed by atoms with Crippen LogP contribution in [0.25, 0.3) is 0 Å². The number of likely N-dealkylation sites (N-methyl/N-ethyl adjacent to an activating group) is 1. The quantitative estimate of drug-likeness (QED) is 0.724. The third-order valence-corrected chi connectivity index (χ3v) is 3.38. The summed E-state index contributed by atoms with van der Waals surface area (Å²) in [4.78, 5) is 0. The highest BCUT2D eigenvalue weighted by Gasteiger charge is 2.19. The van der Waals surface area contributed by atoms with Crippen LogP contribution >= 0.6 is 0 Å². The van der Waals surface area contributed by atoms with Crippen LogP contribution in [0, 0.1) is 0 Å². The first kappa shape index (κ1) is 15.2. The van der Waals surface area contributed by atoms with Gasteiger partial charge >= 0.3 is 0 Å². The number of benzene rings is 1. The van der Waals surface area contributed by atoms with Crippen LogP contribution in [0.15, 0.2) is 30.3 Å². The molecule has 1 aromatic rings. The molecule has 102 valence electrons. The Morgan fingerprint density at radius 1 is 1.11 bits per heavy atom. The van der Waals surface area contributed by atoms with Gasteiger partial charge in [0.15, 0.2) is 0 Å². The second kappa shape index (κ2) is 9.12. The zero-order valence-electron chi connectivity index (χ0n) is 12.0. The maximum atomic E-state index is 5.63. The van der Waals surface area contributed by atoms with E-state index in [9.17, 15) is 0 Å². The molecule has 0 aliphatic heterocycles. The molecule has 2 unspecified atom stereocenters. The summed E-state index contributed by atoms with van der Waals surface area (Å²) in [7, 11) is 1.83. The van der Waals surface area contributed by atoms with Gasteiger partial charge in [-0.1, -0.05) is 50.6 Å². The first-order chi connectivity index (χ1) is 8.81. The van der Waals surface area contributed by atoms with Crippen LogP contribution in [0.2, 0.25) is 0 Å². The van der Waals surface area contributed by atoms with Gasteiger partial charge in [-0.15, -0.1) is 0 Å². The zero-order chi connectivity index (χ0) is 13.2. The zero-order valence-corrected chi connectivity index (χ0v) is 12.0. The molecule has 0 amide bonds. The third-order valence-electron chi connectivity index (χ3n) is 3.38. The van der Waals surface area contributed by atoms with Crippen molar-refractivity contribution in [1.82, 2.24) is 5.32 Å². The highest BCUT2D eigenvalue weighted by atomic mass is 16.5. The monoisotopic (exact) mass is 249 g/mol. The lowest BCUT2D eigenvalue weighted by Gasteiger charge is -2.26. The molecule has 0 aliphatic rings. The van der Waals surface area contributed by atoms with Crippen LogP contribution in [0.1, 0.15) is 38.7 Å². The summed E-state index contributed by atoms with van der Waals surface area (Å²) in [5.74, 6) is 0. The molecule has 0 spiro atoms. The van der Waals surface area contributed by atoms with E-state index in [2.05, 4.69) is 49.5 Å². The van der Waals surface area contributed by atoms with Crippen molar-refractivity contribution in [3.63, 3.8) is 0 Å². The first-order valence-corrected chi connectivity index (χ1v) is 7.11. The summed E-state index contributed by atoms with van der Waals surface area (Å²) in [6.07, 6.45) is 4.88. The summed E-state index contributed by atoms with van der Waals surface area (Å²) in [5, 5.41) is 3.56. The van der Waals surface area contributed by atoms with Crippen molar-refractivity contribution < 1.29 is 4.74 Å². The van der Waals surface area contributed by atoms with Crippen LogP contribution in [-0.2, 0) is 11.2 Å². The number of ether oxygens (including phenoxy) is 1. The van der Waals surface area contributed by atoms with Gasteiger partial charge in [0.25, 0.3) is 0 Å². The molecule has 0 aliphatic carbocycles. The van der Waals surface area contributed by atoms with Crippen molar-refractivity contribution in [3.05, 3.63) is 35.9 Å². The van der Waals surface area contributed by atoms with E-state index < -0.39 is 0 Å². The molecule has 0 saturated heterocycles. The fourth-order valence-electron chi connectivity index (χ4n) is 2.42. The number of nitrogens with one attached hydrogen (secondary N) is 1. The Balaban J connectivity index is 2.51. The summed E-state index contributed by atoms with van der Waals surface area (Å²) in [6, 6.07) is 11.1. The Labute approximate surface area is 112 Å². The van der Waals surface area contributed by atoms with Crippen molar-refractivity contribution in [2.24, 2.45) is 0 Å². The molecule has 0 heterocycles. The van der Waals surface area contributed by atoms with Gasteiger partial charge in [0.1, 0.15) is 0 Å². The maximum Gasteiger partial charge on any atom is 0.0724 e. The smallest absolute Gasteiger partial charge is 0.0724 e. The van der Waals surface area contributed by atoms with Crippen molar-refractivity contribution in [2.45, 2.75) is 51.7 Å². The minimum Gasteiger partial charge on any atom is -0.380 e. The Kier molecular flexibility index (Phi) is 7.70. The van der Waals surface area contributed by atoms with E-state index in [1.165, 1.54) is 12.0 Å². The molecule has 2 nitrogen and oxygen atoms in total. The van der Waals surface area contributed by atoms with Gasteiger partial charge in [-0.05, 0) is 31.4 Å². The molecule has 1 rings (SSSR count). The highest BCUT2D eigenvalue weighted by molar-refractivity contribution is 5.14. The third kappa shape index (κ3) is 5.19. The predicted molar refractivity (Wildman–Crippen MR) is 77.9 cm³/mol. The summed E-state index contributed by atoms with van der Waals surface area (Å²) in [5.41, 5.74) is 1.41. The fourth-order valence-corrected chi connectivity index (χ4v) is 2.42. The Morgan fingerprint density at radius 3 is 2.39 bits per heavy atom. The number of hydrogen-bond acceptors (Lipinski definition) is 2. The number of rotatable bonds is 9. The van der Waals surface area contributed by atoms with Crippen molar-refractivity contribution in [3.8, 4) is 0 Å². The Hall–Kier alpha value is -0.860. The van der Waals surface area contributed by atoms with Crippen LogP contribution in [0.3, 0.4) is 0 Å². The lowest BCUT2D eigenvalue weighted by atomic mass is 9.98. The van der Waals surface area contributed by atoms with E-state index in [-0.39, 0.29) is 0 Å². The van der Waals surface area contributed by atoms with Gasteiger partial charge in [-0.2, -0.15) is 0 Å². The molecule has 1 aromatic carbocycles. The van der Waals surface area contributed by atoms with Gasteiger partial charge in [0.05, 0.1) is 6.10 Å². The van der Waals surface area contributed by atoms with Gasteiger partial charge < -0.3 is 10.1 Å². The molecule has 2 atom stereocenters. The molecule has 0 bridgehead atoms. The van der Waals surface area contributed by atoms with Gasteiger partial charge in [-0.3, -0.25) is 0 Å². The molecular formula is C16H27NO. The van der Waals surface area contributed by atoms with E-state index in [1.54, 1.807) is 0 Å². The normalized spacial score (nSPS) is 14.4. The van der Waals surface area contributed by atoms with Crippen LogP contribution < -0.4 is 5.32 Å². The van der Waals surface area contributed by atoms with E-state index in [1.807, 2.05) is 7.11 Å². The van der Waals surface area contributed by atoms with Gasteiger partial charge in [-0.25, -0.2) is 0 Å². The minimum absolute atomic E-state index is 0.332. The number of aryl methyl sites for hydroxylation is 1. The molecule has 0 aromatic heterocycles. The minimum atomic E-state index is 0.332. The molecule has 1 N–H and O–H groups in total. The topological polar surface area (TPSA) is 21.3 Å². The van der Waals surface area contributed by atoms with Crippen molar-refractivity contribution >= 4 is 0 Å². The number of hydrogen-bond donors (Lipinski definition) is 1. The molecule has 18 heavy (non-hydrogen) atoms. The molecule has 0 radical (unpaired) electrons. The SMILES string of the molecule is CCCC(OC)C(CCc1ccccc1)NCC. The largest absolute Gasteiger partial charge is 0.380 e. The highest BCUT2D eigenvalue weighted by Crippen LogP contribution is 2.13. The first-order valence-electron chi connectivity index (χ1n) is 7.11. The molecule has 2 heteroatoms. The average molecular weight is 249 g/mol. The lowest BCUT2D eigenvalue weighted by Crippen LogP contribution is -2.41. The predicted octanol–water partition coefficient (Wildman–Crippen LogP) is 3.41. The average Bonchev–Trinajstić information content (AvgIpc) is 2.42. The van der Waals surface area contributed by atoms with Crippen LogP contribution in [0.4, 0.5) is 0 Å². The molecule has 0 fully saturated rings. The van der Waals surface area contributed by atoms with Gasteiger partial charge in [0.2, 0.25) is 0 Å². The van der Waals surface area contributed by atoms with E-state index in [0.29, 0.717) is 12.1 Å². The van der Waals surface area contributed by atoms with E-state index in [4.69, 9.17) is 4.74 Å². The number of methoxy groups -OCH3 is 1. The van der Waals surface area contributed by atoms with Crippen LogP contribution in [-0.4, -0.2) is 25.8 Å². The lowest BCUT2D eigenvalue weighted by molar-refractivity contribution is 0.0587. The standard InChI is InChI=1S/C16H27NO/c1-4-9-16(18-3)15(17-5-2)13-12-14-10-7-6-8-11-14/h6-8,10-11,15-17H,4-5,9,12-13H2,1-3H3. The fraction of sp³-hybridized carbons (Fsp3) is 0.625. The Bertz CT molecular complexity index is 299. The van der Waals surface area contributed by atoms with Gasteiger partial charge in [0, 0.05) is 13.2 Å². The summed E-state index contributed by atoms with van der Waals surface area (Å²) >= 11 is 0. The molecule has 0 saturated carbocycles. The summed E-state index contributed by atoms with van der Waals surface area (Å²) in [6.45, 7) is 5.38. The maximum absolute atomic E-state index is 5.63. The molecular weight excluding hydrogens is 222 g/mol. The summed E-state index contributed by atoms with van der Waals surface area (Å²) < 4.78 is 5.63. The van der Waals surface area contributed by atoms with E-state index >= 15 is 0 Å². The van der Waals surface area contributed by atoms with Crippen molar-refractivity contribution in [2.75, 3.05) is 13.7 Å².